The van der Waals surface area contributed by atoms with Gasteiger partial charge in [0, 0.05) is 11.3 Å². The Morgan fingerprint density at radius 3 is 2.43 bits per heavy atom. The number of aryl methyl sites for hydroxylation is 2. The van der Waals surface area contributed by atoms with Gasteiger partial charge in [-0.2, -0.15) is 8.78 Å². The zero-order valence-corrected chi connectivity index (χ0v) is 13.1. The zero-order chi connectivity index (χ0) is 17.0. The molecule has 124 valence electrons. The Hall–Kier alpha value is -2.44. The zero-order valence-electron chi connectivity index (χ0n) is 13.1. The fourth-order valence-electron chi connectivity index (χ4n) is 2.46. The Bertz CT molecular complexity index is 649. The molecule has 1 atom stereocenters. The molecule has 23 heavy (non-hydrogen) atoms. The van der Waals surface area contributed by atoms with Crippen molar-refractivity contribution in [3.05, 3.63) is 41.3 Å². The molecule has 0 aliphatic heterocycles. The summed E-state index contributed by atoms with van der Waals surface area (Å²) in [6, 6.07) is 5.77. The molecule has 1 heterocycles. The maximum absolute atomic E-state index is 12.5. The van der Waals surface area contributed by atoms with Crippen LogP contribution in [0, 0.1) is 13.8 Å². The van der Waals surface area contributed by atoms with Crippen molar-refractivity contribution in [2.24, 2.45) is 0 Å². The number of alkyl halides is 2. The van der Waals surface area contributed by atoms with Gasteiger partial charge in [0.1, 0.15) is 11.5 Å². The van der Waals surface area contributed by atoms with Crippen LogP contribution in [0.25, 0.3) is 0 Å². The smallest absolute Gasteiger partial charge is 0.387 e. The van der Waals surface area contributed by atoms with Crippen molar-refractivity contribution >= 4 is 11.6 Å². The molecule has 5 nitrogen and oxygen atoms in total. The van der Waals surface area contributed by atoms with Gasteiger partial charge in [-0.1, -0.05) is 12.1 Å². The second-order valence-electron chi connectivity index (χ2n) is 5.09. The molecule has 1 aromatic carbocycles. The van der Waals surface area contributed by atoms with Crippen molar-refractivity contribution in [2.45, 2.75) is 39.7 Å². The van der Waals surface area contributed by atoms with Crippen LogP contribution in [-0.2, 0) is 4.79 Å². The predicted octanol–water partition coefficient (Wildman–Crippen LogP) is 4.03. The summed E-state index contributed by atoms with van der Waals surface area (Å²) in [6.45, 7) is 2.58. The molecule has 0 saturated carbocycles. The number of nitrogens with one attached hydrogen (secondary N) is 1. The molecule has 2 aromatic rings. The summed E-state index contributed by atoms with van der Waals surface area (Å²) in [6.07, 6.45) is 0.585. The number of halogens is 2. The number of hydrogen-bond donors (Lipinski definition) is 1. The minimum absolute atomic E-state index is 0.0377. The predicted molar refractivity (Wildman–Crippen MR) is 80.7 cm³/mol. The van der Waals surface area contributed by atoms with E-state index in [1.54, 1.807) is 13.8 Å². The largest absolute Gasteiger partial charge is 0.435 e. The first kappa shape index (κ1) is 16.9. The number of nitrogens with zero attached hydrogens (tertiary/aromatic N) is 1. The number of hydrogen-bond acceptors (Lipinski definition) is 4. The highest BCUT2D eigenvalue weighted by Crippen LogP contribution is 2.28. The van der Waals surface area contributed by atoms with E-state index in [0.717, 1.165) is 5.56 Å². The van der Waals surface area contributed by atoms with E-state index in [0.29, 0.717) is 23.6 Å². The third-order valence-corrected chi connectivity index (χ3v) is 3.51. The van der Waals surface area contributed by atoms with Gasteiger partial charge in [0.05, 0.1) is 11.6 Å². The van der Waals surface area contributed by atoms with E-state index in [9.17, 15) is 13.6 Å². The van der Waals surface area contributed by atoms with Crippen molar-refractivity contribution in [1.29, 1.82) is 0 Å². The number of carbonyl (C=O) groups is 1. The maximum atomic E-state index is 12.5. The lowest BCUT2D eigenvalue weighted by Crippen LogP contribution is -2.21. The Balaban J connectivity index is 2.11. The highest BCUT2D eigenvalue weighted by Gasteiger charge is 2.25. The van der Waals surface area contributed by atoms with Crippen molar-refractivity contribution in [3.8, 4) is 5.75 Å². The third kappa shape index (κ3) is 4.06. The lowest BCUT2D eigenvalue weighted by atomic mass is 9.94. The van der Waals surface area contributed by atoms with E-state index in [1.165, 1.54) is 24.3 Å². The summed E-state index contributed by atoms with van der Waals surface area (Å²) in [5.41, 5.74) is 1.97. The highest BCUT2D eigenvalue weighted by atomic mass is 19.3. The Morgan fingerprint density at radius 1 is 1.30 bits per heavy atom. The molecule has 1 amide bonds. The fourth-order valence-corrected chi connectivity index (χ4v) is 2.46. The lowest BCUT2D eigenvalue weighted by Gasteiger charge is -2.15. The van der Waals surface area contributed by atoms with Crippen molar-refractivity contribution in [3.63, 3.8) is 0 Å². The summed E-state index contributed by atoms with van der Waals surface area (Å²) in [5.74, 6) is 0.0589. The second-order valence-corrected chi connectivity index (χ2v) is 5.09. The number of benzene rings is 1. The summed E-state index contributed by atoms with van der Waals surface area (Å²) >= 11 is 0. The molecule has 1 aromatic heterocycles. The highest BCUT2D eigenvalue weighted by molar-refractivity contribution is 5.96. The van der Waals surface area contributed by atoms with Crippen LogP contribution in [0.3, 0.4) is 0 Å². The molecule has 0 aliphatic rings. The first-order valence-electron chi connectivity index (χ1n) is 7.20. The van der Waals surface area contributed by atoms with E-state index < -0.39 is 12.5 Å². The number of carbonyl (C=O) groups excluding carboxylic acids is 1. The molecular formula is C16H18F2N2O3. The fraction of sp³-hybridized carbons (Fsp3) is 0.375. The Morgan fingerprint density at radius 2 is 1.96 bits per heavy atom. The van der Waals surface area contributed by atoms with E-state index in [-0.39, 0.29) is 11.7 Å². The van der Waals surface area contributed by atoms with E-state index in [4.69, 9.17) is 4.52 Å². The van der Waals surface area contributed by atoms with Gasteiger partial charge >= 0.3 is 6.61 Å². The lowest BCUT2D eigenvalue weighted by molar-refractivity contribution is -0.117. The van der Waals surface area contributed by atoms with Crippen LogP contribution >= 0.6 is 0 Å². The van der Waals surface area contributed by atoms with Gasteiger partial charge in [0.15, 0.2) is 0 Å². The first-order valence-corrected chi connectivity index (χ1v) is 7.20. The van der Waals surface area contributed by atoms with E-state index >= 15 is 0 Å². The molecule has 1 N–H and O–H groups in total. The van der Waals surface area contributed by atoms with E-state index in [1.807, 2.05) is 6.92 Å². The van der Waals surface area contributed by atoms with Crippen LogP contribution in [0.2, 0.25) is 0 Å². The van der Waals surface area contributed by atoms with Gasteiger partial charge in [-0.05, 0) is 44.5 Å². The maximum Gasteiger partial charge on any atom is 0.387 e. The molecule has 0 spiro atoms. The minimum Gasteiger partial charge on any atom is -0.435 e. The average molecular weight is 324 g/mol. The monoisotopic (exact) mass is 324 g/mol. The van der Waals surface area contributed by atoms with E-state index in [2.05, 4.69) is 15.2 Å². The molecule has 0 unspecified atom stereocenters. The van der Waals surface area contributed by atoms with Gasteiger partial charge in [-0.25, -0.2) is 0 Å². The van der Waals surface area contributed by atoms with Gasteiger partial charge in [0.25, 0.3) is 0 Å². The number of rotatable bonds is 6. The quantitative estimate of drug-likeness (QED) is 0.871. The van der Waals surface area contributed by atoms with Gasteiger partial charge in [-0.3, -0.25) is 4.79 Å². The van der Waals surface area contributed by atoms with Crippen LogP contribution in [0.4, 0.5) is 14.5 Å². The summed E-state index contributed by atoms with van der Waals surface area (Å²) in [4.78, 5) is 12.5. The van der Waals surface area contributed by atoms with Crippen LogP contribution in [0.15, 0.2) is 28.8 Å². The van der Waals surface area contributed by atoms with Gasteiger partial charge in [0.2, 0.25) is 5.91 Å². The molecule has 0 radical (unpaired) electrons. The molecule has 0 bridgehead atoms. The topological polar surface area (TPSA) is 64.4 Å². The Kier molecular flexibility index (Phi) is 5.31. The van der Waals surface area contributed by atoms with Crippen molar-refractivity contribution in [2.75, 3.05) is 5.32 Å². The third-order valence-electron chi connectivity index (χ3n) is 3.51. The molecule has 0 aliphatic carbocycles. The summed E-state index contributed by atoms with van der Waals surface area (Å²) < 4.78 is 33.6. The molecular weight excluding hydrogens is 306 g/mol. The molecule has 2 rings (SSSR count). The van der Waals surface area contributed by atoms with Crippen molar-refractivity contribution in [1.82, 2.24) is 5.16 Å². The molecule has 0 fully saturated rings. The number of ether oxygens (including phenoxy) is 1. The van der Waals surface area contributed by atoms with Gasteiger partial charge in [-0.15, -0.1) is 0 Å². The standard InChI is InChI=1S/C16H18F2N2O3/c1-4-13(14-9(2)20-23-10(14)3)15(21)19-11-5-7-12(8-6-11)22-16(17)18/h5-8,13,16H,4H2,1-3H3,(H,19,21)/t13-/m1/s1. The number of aromatic nitrogens is 1. The van der Waals surface area contributed by atoms with Crippen LogP contribution < -0.4 is 10.1 Å². The average Bonchev–Trinajstić information content (AvgIpc) is 2.82. The first-order chi connectivity index (χ1) is 10.9. The van der Waals surface area contributed by atoms with Gasteiger partial charge < -0.3 is 14.6 Å². The van der Waals surface area contributed by atoms with Crippen LogP contribution in [0.1, 0.15) is 36.3 Å². The minimum atomic E-state index is -2.88. The number of anilines is 1. The van der Waals surface area contributed by atoms with Crippen LogP contribution in [-0.4, -0.2) is 17.7 Å². The summed E-state index contributed by atoms with van der Waals surface area (Å²) in [5, 5.41) is 6.64. The SMILES string of the molecule is CC[C@@H](C(=O)Nc1ccc(OC(F)F)cc1)c1c(C)noc1C. The normalized spacial score (nSPS) is 12.3. The molecule has 0 saturated heterocycles. The number of amides is 1. The van der Waals surface area contributed by atoms with Crippen molar-refractivity contribution < 1.29 is 22.8 Å². The van der Waals surface area contributed by atoms with Crippen LogP contribution in [0.5, 0.6) is 5.75 Å². The summed E-state index contributed by atoms with van der Waals surface area (Å²) in [7, 11) is 0. The molecule has 7 heteroatoms. The Labute approximate surface area is 132 Å². The second kappa shape index (κ2) is 7.21.